The van der Waals surface area contributed by atoms with Crippen LogP contribution in [-0.4, -0.2) is 41.0 Å². The van der Waals surface area contributed by atoms with Gasteiger partial charge in [0.05, 0.1) is 6.20 Å². The molecule has 1 unspecified atom stereocenters. The Bertz CT molecular complexity index is 394. The van der Waals surface area contributed by atoms with Gasteiger partial charge in [-0.25, -0.2) is 4.98 Å². The average Bonchev–Trinajstić information content (AvgIpc) is 2.83. The molecule has 0 saturated carbocycles. The Morgan fingerprint density at radius 1 is 1.39 bits per heavy atom. The van der Waals surface area contributed by atoms with Gasteiger partial charge in [-0.1, -0.05) is 18.5 Å². The summed E-state index contributed by atoms with van der Waals surface area (Å²) < 4.78 is 0. The third-order valence-electron chi connectivity index (χ3n) is 3.10. The summed E-state index contributed by atoms with van der Waals surface area (Å²) in [6.07, 6.45) is 4.17. The van der Waals surface area contributed by atoms with E-state index in [-0.39, 0.29) is 5.28 Å². The van der Waals surface area contributed by atoms with Gasteiger partial charge in [0.15, 0.2) is 0 Å². The molecule has 100 valence electrons. The monoisotopic (exact) mass is 288 g/mol. The van der Waals surface area contributed by atoms with Crippen LogP contribution in [0, 0.1) is 5.92 Å². The lowest BCUT2D eigenvalue weighted by atomic mass is 10.1. The number of rotatable bonds is 5. The highest BCUT2D eigenvalue weighted by molar-refractivity contribution is 6.33. The van der Waals surface area contributed by atoms with Crippen molar-refractivity contribution in [1.29, 1.82) is 0 Å². The molecule has 1 saturated heterocycles. The molecule has 0 spiro atoms. The lowest BCUT2D eigenvalue weighted by molar-refractivity contribution is 0.294. The Balaban J connectivity index is 1.81. The first-order valence-corrected chi connectivity index (χ1v) is 7.05. The normalized spacial score (nSPS) is 17.9. The molecule has 2 heterocycles. The van der Waals surface area contributed by atoms with E-state index in [1.807, 2.05) is 0 Å². The van der Waals surface area contributed by atoms with Crippen molar-refractivity contribution in [2.75, 3.05) is 31.5 Å². The van der Waals surface area contributed by atoms with Gasteiger partial charge in [-0.05, 0) is 43.5 Å². The number of halogens is 2. The van der Waals surface area contributed by atoms with E-state index in [0.29, 0.717) is 16.8 Å². The molecular formula is C12H18Cl2N4. The fourth-order valence-electron chi connectivity index (χ4n) is 2.21. The van der Waals surface area contributed by atoms with Crippen molar-refractivity contribution in [2.24, 2.45) is 5.92 Å². The molecule has 0 radical (unpaired) electrons. The van der Waals surface area contributed by atoms with Crippen LogP contribution in [0.3, 0.4) is 0 Å². The minimum atomic E-state index is 0.217. The average molecular weight is 289 g/mol. The van der Waals surface area contributed by atoms with Gasteiger partial charge in [-0.3, -0.25) is 0 Å². The first-order valence-electron chi connectivity index (χ1n) is 6.29. The minimum absolute atomic E-state index is 0.217. The standard InChI is InChI=1S/C12H18Cl2N4/c1-9(8-18-4-2-3-5-18)6-15-11-10(13)7-16-12(14)17-11/h7,9H,2-6,8H2,1H3,(H,15,16,17). The van der Waals surface area contributed by atoms with Crippen molar-refractivity contribution in [3.63, 3.8) is 0 Å². The predicted molar refractivity (Wildman–Crippen MR) is 75.4 cm³/mol. The molecule has 18 heavy (non-hydrogen) atoms. The van der Waals surface area contributed by atoms with Gasteiger partial charge in [0.1, 0.15) is 10.8 Å². The van der Waals surface area contributed by atoms with Gasteiger partial charge in [0.2, 0.25) is 5.28 Å². The second-order valence-corrected chi connectivity index (χ2v) is 5.57. The van der Waals surface area contributed by atoms with Crippen LogP contribution in [0.1, 0.15) is 19.8 Å². The molecule has 1 aliphatic rings. The highest BCUT2D eigenvalue weighted by Gasteiger charge is 2.15. The number of anilines is 1. The second kappa shape index (κ2) is 6.55. The minimum Gasteiger partial charge on any atom is -0.368 e. The molecule has 1 atom stereocenters. The zero-order valence-corrected chi connectivity index (χ0v) is 12.0. The number of hydrogen-bond acceptors (Lipinski definition) is 4. The maximum absolute atomic E-state index is 5.99. The molecule has 2 rings (SSSR count). The van der Waals surface area contributed by atoms with Crippen molar-refractivity contribution in [3.05, 3.63) is 16.5 Å². The summed E-state index contributed by atoms with van der Waals surface area (Å²) in [5.41, 5.74) is 0. The van der Waals surface area contributed by atoms with E-state index >= 15 is 0 Å². The summed E-state index contributed by atoms with van der Waals surface area (Å²) in [7, 11) is 0. The molecule has 0 aromatic carbocycles. The summed E-state index contributed by atoms with van der Waals surface area (Å²) in [6, 6.07) is 0. The van der Waals surface area contributed by atoms with Gasteiger partial charge >= 0.3 is 0 Å². The molecule has 0 bridgehead atoms. The maximum Gasteiger partial charge on any atom is 0.224 e. The van der Waals surface area contributed by atoms with E-state index in [2.05, 4.69) is 27.1 Å². The predicted octanol–water partition coefficient (Wildman–Crippen LogP) is 2.93. The quantitative estimate of drug-likeness (QED) is 0.846. The highest BCUT2D eigenvalue weighted by atomic mass is 35.5. The molecule has 6 heteroatoms. The van der Waals surface area contributed by atoms with Gasteiger partial charge in [0.25, 0.3) is 0 Å². The van der Waals surface area contributed by atoms with E-state index in [1.165, 1.54) is 32.1 Å². The van der Waals surface area contributed by atoms with E-state index in [9.17, 15) is 0 Å². The summed E-state index contributed by atoms with van der Waals surface area (Å²) in [5, 5.41) is 3.96. The number of likely N-dealkylation sites (tertiary alicyclic amines) is 1. The van der Waals surface area contributed by atoms with Crippen LogP contribution in [0.4, 0.5) is 5.82 Å². The number of nitrogens with zero attached hydrogens (tertiary/aromatic N) is 3. The van der Waals surface area contributed by atoms with Crippen LogP contribution in [0.15, 0.2) is 6.20 Å². The number of hydrogen-bond donors (Lipinski definition) is 1. The summed E-state index contributed by atoms with van der Waals surface area (Å²) in [4.78, 5) is 10.4. The van der Waals surface area contributed by atoms with Gasteiger partial charge in [-0.2, -0.15) is 4.98 Å². The Morgan fingerprint density at radius 2 is 2.11 bits per heavy atom. The molecule has 4 nitrogen and oxygen atoms in total. The molecular weight excluding hydrogens is 271 g/mol. The fourth-order valence-corrected chi connectivity index (χ4v) is 2.50. The van der Waals surface area contributed by atoms with Crippen LogP contribution in [0.5, 0.6) is 0 Å². The zero-order valence-electron chi connectivity index (χ0n) is 10.5. The summed E-state index contributed by atoms with van der Waals surface area (Å²) in [6.45, 7) is 6.63. The Kier molecular flexibility index (Phi) is 5.03. The molecule has 0 amide bonds. The smallest absolute Gasteiger partial charge is 0.224 e. The van der Waals surface area contributed by atoms with Crippen LogP contribution in [0.25, 0.3) is 0 Å². The first kappa shape index (κ1) is 13.8. The highest BCUT2D eigenvalue weighted by Crippen LogP contribution is 2.20. The Labute approximate surface area is 118 Å². The second-order valence-electron chi connectivity index (χ2n) is 4.83. The summed E-state index contributed by atoms with van der Waals surface area (Å²) >= 11 is 11.7. The van der Waals surface area contributed by atoms with Crippen LogP contribution < -0.4 is 5.32 Å². The van der Waals surface area contributed by atoms with E-state index in [1.54, 1.807) is 0 Å². The topological polar surface area (TPSA) is 41.1 Å². The lowest BCUT2D eigenvalue weighted by Crippen LogP contribution is -2.29. The van der Waals surface area contributed by atoms with Gasteiger partial charge in [0, 0.05) is 13.1 Å². The van der Waals surface area contributed by atoms with Crippen molar-refractivity contribution >= 4 is 29.0 Å². The van der Waals surface area contributed by atoms with Crippen molar-refractivity contribution in [1.82, 2.24) is 14.9 Å². The van der Waals surface area contributed by atoms with Gasteiger partial charge < -0.3 is 10.2 Å². The molecule has 1 fully saturated rings. The van der Waals surface area contributed by atoms with Crippen LogP contribution in [0.2, 0.25) is 10.3 Å². The molecule has 1 aromatic rings. The molecule has 1 N–H and O–H groups in total. The van der Waals surface area contributed by atoms with E-state index in [4.69, 9.17) is 23.2 Å². The van der Waals surface area contributed by atoms with Crippen LogP contribution in [-0.2, 0) is 0 Å². The van der Waals surface area contributed by atoms with Crippen molar-refractivity contribution in [3.8, 4) is 0 Å². The third kappa shape index (κ3) is 3.97. The SMILES string of the molecule is CC(CNc1nc(Cl)ncc1Cl)CN1CCCC1. The Hall–Kier alpha value is -0.580. The van der Waals surface area contributed by atoms with Crippen molar-refractivity contribution in [2.45, 2.75) is 19.8 Å². The first-order chi connectivity index (χ1) is 8.65. The van der Waals surface area contributed by atoms with Gasteiger partial charge in [-0.15, -0.1) is 0 Å². The maximum atomic E-state index is 5.99. The largest absolute Gasteiger partial charge is 0.368 e. The number of nitrogens with one attached hydrogen (secondary N) is 1. The molecule has 1 aliphatic heterocycles. The fraction of sp³-hybridized carbons (Fsp3) is 0.667. The molecule has 1 aromatic heterocycles. The number of aromatic nitrogens is 2. The van der Waals surface area contributed by atoms with E-state index in [0.717, 1.165) is 13.1 Å². The zero-order chi connectivity index (χ0) is 13.0. The Morgan fingerprint density at radius 3 is 2.83 bits per heavy atom. The summed E-state index contributed by atoms with van der Waals surface area (Å²) in [5.74, 6) is 1.16. The lowest BCUT2D eigenvalue weighted by Gasteiger charge is -2.20. The van der Waals surface area contributed by atoms with Crippen LogP contribution >= 0.6 is 23.2 Å². The van der Waals surface area contributed by atoms with E-state index < -0.39 is 0 Å². The third-order valence-corrected chi connectivity index (χ3v) is 3.56. The van der Waals surface area contributed by atoms with Crippen molar-refractivity contribution < 1.29 is 0 Å². The molecule has 0 aliphatic carbocycles.